The highest BCUT2D eigenvalue weighted by molar-refractivity contribution is 5.90. The fourth-order valence-electron chi connectivity index (χ4n) is 3.27. The van der Waals surface area contributed by atoms with Crippen molar-refractivity contribution in [3.63, 3.8) is 0 Å². The molecule has 1 aliphatic rings. The number of benzene rings is 1. The first kappa shape index (κ1) is 15.6. The van der Waals surface area contributed by atoms with E-state index in [0.717, 1.165) is 48.4 Å². The minimum absolute atomic E-state index is 0.0231. The second-order valence-electron chi connectivity index (χ2n) is 6.17. The average Bonchev–Trinajstić information content (AvgIpc) is 3.18. The van der Waals surface area contributed by atoms with Crippen molar-refractivity contribution in [2.24, 2.45) is 0 Å². The number of urea groups is 1. The van der Waals surface area contributed by atoms with E-state index in [1.807, 2.05) is 47.8 Å². The number of hydrogen-bond donors (Lipinski definition) is 1. The van der Waals surface area contributed by atoms with Gasteiger partial charge in [0.05, 0.1) is 11.7 Å². The van der Waals surface area contributed by atoms with Gasteiger partial charge in [-0.25, -0.2) is 4.79 Å². The highest BCUT2D eigenvalue weighted by atomic mass is 16.2. The van der Waals surface area contributed by atoms with E-state index in [1.54, 1.807) is 0 Å². The first-order valence-electron chi connectivity index (χ1n) is 8.26. The molecule has 1 aromatic carbocycles. The van der Waals surface area contributed by atoms with Crippen molar-refractivity contribution in [2.45, 2.75) is 46.2 Å². The number of likely N-dealkylation sites (tertiary alicyclic amines) is 1. The highest BCUT2D eigenvalue weighted by Gasteiger charge is 2.32. The van der Waals surface area contributed by atoms with Crippen molar-refractivity contribution in [1.82, 2.24) is 14.7 Å². The summed E-state index contributed by atoms with van der Waals surface area (Å²) in [6, 6.07) is 8.24. The molecule has 1 aliphatic heterocycles. The third-order valence-corrected chi connectivity index (χ3v) is 4.54. The Bertz CT molecular complexity index is 707. The normalized spacial score (nSPS) is 17.5. The van der Waals surface area contributed by atoms with Gasteiger partial charge in [0.25, 0.3) is 0 Å². The van der Waals surface area contributed by atoms with E-state index < -0.39 is 0 Å². The number of hydrogen-bond acceptors (Lipinski definition) is 2. The molecule has 23 heavy (non-hydrogen) atoms. The highest BCUT2D eigenvalue weighted by Crippen LogP contribution is 2.32. The summed E-state index contributed by atoms with van der Waals surface area (Å²) < 4.78 is 1.98. The van der Waals surface area contributed by atoms with Crippen LogP contribution < -0.4 is 5.32 Å². The van der Waals surface area contributed by atoms with Gasteiger partial charge in [0.2, 0.25) is 0 Å². The first-order chi connectivity index (χ1) is 11.1. The first-order valence-corrected chi connectivity index (χ1v) is 8.26. The van der Waals surface area contributed by atoms with Crippen LogP contribution in [0.15, 0.2) is 30.5 Å². The molecule has 3 rings (SSSR count). The molecule has 2 amide bonds. The molecule has 2 aromatic rings. The lowest BCUT2D eigenvalue weighted by molar-refractivity contribution is 0.204. The molecular weight excluding hydrogens is 288 g/mol. The Morgan fingerprint density at radius 1 is 1.35 bits per heavy atom. The third kappa shape index (κ3) is 3.09. The molecule has 2 heterocycles. The predicted molar refractivity (Wildman–Crippen MR) is 91.5 cm³/mol. The van der Waals surface area contributed by atoms with Crippen LogP contribution in [0.25, 0.3) is 0 Å². The summed E-state index contributed by atoms with van der Waals surface area (Å²) >= 11 is 0. The molecular formula is C18H24N4O. The van der Waals surface area contributed by atoms with Crippen molar-refractivity contribution < 1.29 is 4.79 Å². The number of rotatable bonds is 3. The molecule has 0 saturated carbocycles. The molecule has 0 radical (unpaired) electrons. The molecule has 0 unspecified atom stereocenters. The van der Waals surface area contributed by atoms with Crippen LogP contribution in [-0.4, -0.2) is 27.3 Å². The van der Waals surface area contributed by atoms with Crippen LogP contribution in [0.5, 0.6) is 0 Å². The number of anilines is 1. The van der Waals surface area contributed by atoms with Gasteiger partial charge in [-0.15, -0.1) is 0 Å². The van der Waals surface area contributed by atoms with Gasteiger partial charge in [0.1, 0.15) is 0 Å². The fourth-order valence-corrected chi connectivity index (χ4v) is 3.27. The second kappa shape index (κ2) is 6.44. The van der Waals surface area contributed by atoms with Crippen LogP contribution in [0.4, 0.5) is 10.5 Å². The zero-order valence-corrected chi connectivity index (χ0v) is 14.0. The number of nitrogens with zero attached hydrogens (tertiary/aromatic N) is 3. The van der Waals surface area contributed by atoms with E-state index in [2.05, 4.69) is 23.4 Å². The Labute approximate surface area is 137 Å². The van der Waals surface area contributed by atoms with Gasteiger partial charge in [-0.05, 0) is 56.9 Å². The van der Waals surface area contributed by atoms with E-state index in [0.29, 0.717) is 0 Å². The molecule has 1 atom stereocenters. The molecule has 1 saturated heterocycles. The second-order valence-corrected chi connectivity index (χ2v) is 6.17. The van der Waals surface area contributed by atoms with Crippen molar-refractivity contribution in [1.29, 1.82) is 0 Å². The molecule has 1 N–H and O–H groups in total. The Morgan fingerprint density at radius 2 is 2.17 bits per heavy atom. The third-order valence-electron chi connectivity index (χ3n) is 4.54. The summed E-state index contributed by atoms with van der Waals surface area (Å²) in [5.41, 5.74) is 4.25. The Hall–Kier alpha value is -2.30. The van der Waals surface area contributed by atoms with Crippen LogP contribution in [0.1, 0.15) is 42.6 Å². The SMILES string of the molecule is CCn1nccc1[C@H]1CCCN1C(=O)Nc1cc(C)ccc1C. The number of amides is 2. The van der Waals surface area contributed by atoms with Crippen molar-refractivity contribution in [3.05, 3.63) is 47.3 Å². The Morgan fingerprint density at radius 3 is 2.96 bits per heavy atom. The van der Waals surface area contributed by atoms with Crippen molar-refractivity contribution in [3.8, 4) is 0 Å². The monoisotopic (exact) mass is 312 g/mol. The van der Waals surface area contributed by atoms with Gasteiger partial charge in [-0.1, -0.05) is 12.1 Å². The lowest BCUT2D eigenvalue weighted by atomic mass is 10.1. The zero-order valence-electron chi connectivity index (χ0n) is 14.0. The minimum Gasteiger partial charge on any atom is -0.316 e. The van der Waals surface area contributed by atoms with Crippen LogP contribution in [0.3, 0.4) is 0 Å². The summed E-state index contributed by atoms with van der Waals surface area (Å²) in [5, 5.41) is 7.42. The van der Waals surface area contributed by atoms with Gasteiger partial charge in [-0.3, -0.25) is 4.68 Å². The number of aromatic nitrogens is 2. The van der Waals surface area contributed by atoms with E-state index in [1.165, 1.54) is 0 Å². The summed E-state index contributed by atoms with van der Waals surface area (Å²) in [4.78, 5) is 14.7. The van der Waals surface area contributed by atoms with E-state index in [-0.39, 0.29) is 12.1 Å². The Balaban J connectivity index is 1.80. The molecule has 5 heteroatoms. The smallest absolute Gasteiger partial charge is 0.316 e. The van der Waals surface area contributed by atoms with Gasteiger partial charge in [0.15, 0.2) is 0 Å². The van der Waals surface area contributed by atoms with Gasteiger partial charge in [-0.2, -0.15) is 5.10 Å². The maximum atomic E-state index is 12.8. The fraction of sp³-hybridized carbons (Fsp3) is 0.444. The van der Waals surface area contributed by atoms with Gasteiger partial charge in [0, 0.05) is 25.0 Å². The van der Waals surface area contributed by atoms with E-state index in [4.69, 9.17) is 0 Å². The van der Waals surface area contributed by atoms with E-state index >= 15 is 0 Å². The molecule has 122 valence electrons. The number of nitrogens with one attached hydrogen (secondary N) is 1. The number of carbonyl (C=O) groups is 1. The van der Waals surface area contributed by atoms with Crippen molar-refractivity contribution in [2.75, 3.05) is 11.9 Å². The lowest BCUT2D eigenvalue weighted by Gasteiger charge is -2.26. The molecule has 1 fully saturated rings. The molecule has 0 bridgehead atoms. The molecule has 1 aromatic heterocycles. The quantitative estimate of drug-likeness (QED) is 0.934. The maximum Gasteiger partial charge on any atom is 0.322 e. The Kier molecular flexibility index (Phi) is 4.37. The number of carbonyl (C=O) groups excluding carboxylic acids is 1. The molecule has 0 spiro atoms. The van der Waals surface area contributed by atoms with Crippen LogP contribution in [0, 0.1) is 13.8 Å². The van der Waals surface area contributed by atoms with Gasteiger partial charge >= 0.3 is 6.03 Å². The summed E-state index contributed by atoms with van der Waals surface area (Å²) in [5.74, 6) is 0. The summed E-state index contributed by atoms with van der Waals surface area (Å²) in [7, 11) is 0. The largest absolute Gasteiger partial charge is 0.322 e. The van der Waals surface area contributed by atoms with Gasteiger partial charge < -0.3 is 10.2 Å². The minimum atomic E-state index is -0.0231. The molecule has 5 nitrogen and oxygen atoms in total. The maximum absolute atomic E-state index is 12.8. The van der Waals surface area contributed by atoms with Crippen LogP contribution >= 0.6 is 0 Å². The average molecular weight is 312 g/mol. The molecule has 0 aliphatic carbocycles. The van der Waals surface area contributed by atoms with Crippen molar-refractivity contribution >= 4 is 11.7 Å². The predicted octanol–water partition coefficient (Wildman–Crippen LogP) is 3.89. The summed E-state index contributed by atoms with van der Waals surface area (Å²) in [6.45, 7) is 7.74. The number of aryl methyl sites for hydroxylation is 3. The summed E-state index contributed by atoms with van der Waals surface area (Å²) in [6.07, 6.45) is 3.84. The van der Waals surface area contributed by atoms with Crippen LogP contribution in [-0.2, 0) is 6.54 Å². The zero-order chi connectivity index (χ0) is 16.4. The lowest BCUT2D eigenvalue weighted by Crippen LogP contribution is -2.35. The topological polar surface area (TPSA) is 50.2 Å². The van der Waals surface area contributed by atoms with E-state index in [9.17, 15) is 4.79 Å². The van der Waals surface area contributed by atoms with Crippen LogP contribution in [0.2, 0.25) is 0 Å². The standard InChI is InChI=1S/C18H24N4O/c1-4-22-17(9-10-19-22)16-6-5-11-21(16)18(23)20-15-12-13(2)7-8-14(15)3/h7-10,12,16H,4-6,11H2,1-3H3,(H,20,23)/t16-/m1/s1.